The first-order valence-corrected chi connectivity index (χ1v) is 6.56. The summed E-state index contributed by atoms with van der Waals surface area (Å²) in [5.41, 5.74) is 8.36. The molecule has 20 heavy (non-hydrogen) atoms. The molecule has 2 N–H and O–H groups in total. The number of para-hydroxylation sites is 1. The lowest BCUT2D eigenvalue weighted by atomic mass is 10.1. The Morgan fingerprint density at radius 1 is 1.40 bits per heavy atom. The SMILES string of the molecule is Cc1cc(CN(C)C(=O)CCc2ccccc2N)no1. The van der Waals surface area contributed by atoms with Crippen LogP contribution in [0.5, 0.6) is 0 Å². The number of hydrogen-bond acceptors (Lipinski definition) is 4. The first-order chi connectivity index (χ1) is 9.56. The molecule has 0 radical (unpaired) electrons. The van der Waals surface area contributed by atoms with Gasteiger partial charge in [0.05, 0.1) is 6.54 Å². The fraction of sp³-hybridized carbons (Fsp3) is 0.333. The van der Waals surface area contributed by atoms with Crippen LogP contribution in [0.1, 0.15) is 23.4 Å². The van der Waals surface area contributed by atoms with Crippen molar-refractivity contribution in [2.45, 2.75) is 26.3 Å². The fourth-order valence-electron chi connectivity index (χ4n) is 2.02. The largest absolute Gasteiger partial charge is 0.399 e. The minimum atomic E-state index is 0.0638. The molecule has 0 bridgehead atoms. The average Bonchev–Trinajstić information content (AvgIpc) is 2.82. The zero-order valence-electron chi connectivity index (χ0n) is 11.8. The van der Waals surface area contributed by atoms with Crippen LogP contribution in [0.3, 0.4) is 0 Å². The quantitative estimate of drug-likeness (QED) is 0.847. The second-order valence-corrected chi connectivity index (χ2v) is 4.88. The van der Waals surface area contributed by atoms with E-state index in [1.807, 2.05) is 37.3 Å². The maximum atomic E-state index is 12.1. The Morgan fingerprint density at radius 3 is 2.80 bits per heavy atom. The number of rotatable bonds is 5. The predicted octanol–water partition coefficient (Wildman–Crippen LogP) is 2.16. The third kappa shape index (κ3) is 3.60. The van der Waals surface area contributed by atoms with Crippen LogP contribution in [0.4, 0.5) is 5.69 Å². The number of nitrogens with two attached hydrogens (primary N) is 1. The zero-order chi connectivity index (χ0) is 14.5. The number of carbonyl (C=O) groups excluding carboxylic acids is 1. The highest BCUT2D eigenvalue weighted by molar-refractivity contribution is 5.76. The lowest BCUT2D eigenvalue weighted by Gasteiger charge is -2.15. The van der Waals surface area contributed by atoms with Crippen LogP contribution in [0.15, 0.2) is 34.9 Å². The molecule has 0 unspecified atom stereocenters. The van der Waals surface area contributed by atoms with Crippen molar-refractivity contribution >= 4 is 11.6 Å². The summed E-state index contributed by atoms with van der Waals surface area (Å²) in [4.78, 5) is 13.7. The van der Waals surface area contributed by atoms with Gasteiger partial charge in [-0.2, -0.15) is 0 Å². The number of nitrogens with zero attached hydrogens (tertiary/aromatic N) is 2. The van der Waals surface area contributed by atoms with Crippen molar-refractivity contribution in [2.75, 3.05) is 12.8 Å². The standard InChI is InChI=1S/C15H19N3O2/c1-11-9-13(17-20-11)10-18(2)15(19)8-7-12-5-3-4-6-14(12)16/h3-6,9H,7-8,10,16H2,1-2H3. The smallest absolute Gasteiger partial charge is 0.222 e. The lowest BCUT2D eigenvalue weighted by Crippen LogP contribution is -2.26. The molecule has 0 atom stereocenters. The summed E-state index contributed by atoms with van der Waals surface area (Å²) in [6.07, 6.45) is 1.08. The molecule has 0 spiro atoms. The Bertz CT molecular complexity index is 592. The van der Waals surface area contributed by atoms with Gasteiger partial charge in [0.25, 0.3) is 0 Å². The molecule has 0 fully saturated rings. The second-order valence-electron chi connectivity index (χ2n) is 4.88. The van der Waals surface area contributed by atoms with Crippen molar-refractivity contribution in [3.63, 3.8) is 0 Å². The van der Waals surface area contributed by atoms with E-state index in [0.29, 0.717) is 19.4 Å². The maximum Gasteiger partial charge on any atom is 0.222 e. The van der Waals surface area contributed by atoms with Gasteiger partial charge in [-0.3, -0.25) is 4.79 Å². The van der Waals surface area contributed by atoms with E-state index in [2.05, 4.69) is 5.16 Å². The molecule has 1 aromatic heterocycles. The van der Waals surface area contributed by atoms with Gasteiger partial charge in [-0.15, -0.1) is 0 Å². The number of carbonyl (C=O) groups is 1. The van der Waals surface area contributed by atoms with Gasteiger partial charge < -0.3 is 15.2 Å². The van der Waals surface area contributed by atoms with Gasteiger partial charge >= 0.3 is 0 Å². The zero-order valence-corrected chi connectivity index (χ0v) is 11.8. The van der Waals surface area contributed by atoms with Gasteiger partial charge in [0.1, 0.15) is 11.5 Å². The highest BCUT2D eigenvalue weighted by Crippen LogP contribution is 2.13. The number of hydrogen-bond donors (Lipinski definition) is 1. The number of anilines is 1. The van der Waals surface area contributed by atoms with Crippen LogP contribution in [-0.4, -0.2) is 23.0 Å². The fourth-order valence-corrected chi connectivity index (χ4v) is 2.02. The predicted molar refractivity (Wildman–Crippen MR) is 76.9 cm³/mol. The average molecular weight is 273 g/mol. The summed E-state index contributed by atoms with van der Waals surface area (Å²) >= 11 is 0. The minimum absolute atomic E-state index is 0.0638. The first kappa shape index (κ1) is 14.1. The van der Waals surface area contributed by atoms with E-state index in [1.165, 1.54) is 0 Å². The molecule has 0 aliphatic heterocycles. The molecule has 1 heterocycles. The van der Waals surface area contributed by atoms with Crippen LogP contribution in [0, 0.1) is 6.92 Å². The summed E-state index contributed by atoms with van der Waals surface area (Å²) in [5, 5.41) is 3.88. The molecule has 1 amide bonds. The Kier molecular flexibility index (Phi) is 4.40. The molecule has 0 saturated carbocycles. The van der Waals surface area contributed by atoms with E-state index >= 15 is 0 Å². The number of benzene rings is 1. The Hall–Kier alpha value is -2.30. The summed E-state index contributed by atoms with van der Waals surface area (Å²) in [5.74, 6) is 0.812. The third-order valence-corrected chi connectivity index (χ3v) is 3.16. The normalized spacial score (nSPS) is 10.5. The van der Waals surface area contributed by atoms with Crippen LogP contribution in [0.25, 0.3) is 0 Å². The highest BCUT2D eigenvalue weighted by atomic mass is 16.5. The van der Waals surface area contributed by atoms with Crippen LogP contribution in [0.2, 0.25) is 0 Å². The molecule has 5 nitrogen and oxygen atoms in total. The van der Waals surface area contributed by atoms with E-state index in [0.717, 1.165) is 22.7 Å². The first-order valence-electron chi connectivity index (χ1n) is 6.56. The van der Waals surface area contributed by atoms with E-state index in [9.17, 15) is 4.79 Å². The van der Waals surface area contributed by atoms with E-state index < -0.39 is 0 Å². The summed E-state index contributed by atoms with van der Waals surface area (Å²) in [6.45, 7) is 2.29. The van der Waals surface area contributed by atoms with Crippen LogP contribution in [-0.2, 0) is 17.8 Å². The van der Waals surface area contributed by atoms with E-state index in [4.69, 9.17) is 10.3 Å². The van der Waals surface area contributed by atoms with E-state index in [1.54, 1.807) is 11.9 Å². The van der Waals surface area contributed by atoms with Crippen molar-refractivity contribution in [3.05, 3.63) is 47.3 Å². The van der Waals surface area contributed by atoms with Gasteiger partial charge in [-0.25, -0.2) is 0 Å². The van der Waals surface area contributed by atoms with Gasteiger partial charge in [0.15, 0.2) is 0 Å². The van der Waals surface area contributed by atoms with Crippen molar-refractivity contribution in [1.29, 1.82) is 0 Å². The molecular weight excluding hydrogens is 254 g/mol. The van der Waals surface area contributed by atoms with Crippen molar-refractivity contribution in [3.8, 4) is 0 Å². The van der Waals surface area contributed by atoms with Crippen molar-refractivity contribution < 1.29 is 9.32 Å². The van der Waals surface area contributed by atoms with Gasteiger partial charge in [0, 0.05) is 25.2 Å². The van der Waals surface area contributed by atoms with Gasteiger partial charge in [0.2, 0.25) is 5.91 Å². The summed E-state index contributed by atoms with van der Waals surface area (Å²) in [6, 6.07) is 9.45. The Morgan fingerprint density at radius 2 is 2.15 bits per heavy atom. The third-order valence-electron chi connectivity index (χ3n) is 3.16. The number of amides is 1. The molecule has 5 heteroatoms. The lowest BCUT2D eigenvalue weighted by molar-refractivity contribution is -0.130. The molecule has 1 aromatic carbocycles. The van der Waals surface area contributed by atoms with Crippen LogP contribution >= 0.6 is 0 Å². The minimum Gasteiger partial charge on any atom is -0.399 e. The van der Waals surface area contributed by atoms with Crippen molar-refractivity contribution in [2.24, 2.45) is 0 Å². The van der Waals surface area contributed by atoms with E-state index in [-0.39, 0.29) is 5.91 Å². The molecule has 106 valence electrons. The molecule has 0 aliphatic rings. The maximum absolute atomic E-state index is 12.1. The number of aromatic nitrogens is 1. The summed E-state index contributed by atoms with van der Waals surface area (Å²) in [7, 11) is 1.76. The number of nitrogen functional groups attached to an aromatic ring is 1. The van der Waals surface area contributed by atoms with Gasteiger partial charge in [-0.1, -0.05) is 23.4 Å². The topological polar surface area (TPSA) is 72.4 Å². The number of aryl methyl sites for hydroxylation is 2. The summed E-state index contributed by atoms with van der Waals surface area (Å²) < 4.78 is 4.99. The Balaban J connectivity index is 1.87. The van der Waals surface area contributed by atoms with Crippen molar-refractivity contribution in [1.82, 2.24) is 10.1 Å². The molecule has 0 saturated heterocycles. The molecule has 2 rings (SSSR count). The highest BCUT2D eigenvalue weighted by Gasteiger charge is 2.12. The molecule has 0 aliphatic carbocycles. The second kappa shape index (κ2) is 6.23. The monoisotopic (exact) mass is 273 g/mol. The molecule has 2 aromatic rings. The molecular formula is C15H19N3O2. The van der Waals surface area contributed by atoms with Gasteiger partial charge in [-0.05, 0) is 25.0 Å². The Labute approximate surface area is 118 Å². The van der Waals surface area contributed by atoms with Crippen LogP contribution < -0.4 is 5.73 Å².